The van der Waals surface area contributed by atoms with E-state index in [-0.39, 0.29) is 11.4 Å². The molecule has 22 heavy (non-hydrogen) atoms. The van der Waals surface area contributed by atoms with Gasteiger partial charge in [0.25, 0.3) is 0 Å². The van der Waals surface area contributed by atoms with Gasteiger partial charge in [-0.05, 0) is 33.1 Å². The van der Waals surface area contributed by atoms with Gasteiger partial charge in [-0.2, -0.15) is 0 Å². The van der Waals surface area contributed by atoms with E-state index in [9.17, 15) is 4.79 Å². The molecule has 0 aromatic carbocycles. The first kappa shape index (κ1) is 15.9. The Kier molecular flexibility index (Phi) is 4.55. The first-order chi connectivity index (χ1) is 10.5. The van der Waals surface area contributed by atoms with Crippen LogP contribution in [0, 0.1) is 6.92 Å². The van der Waals surface area contributed by atoms with Crippen molar-refractivity contribution in [2.75, 3.05) is 13.1 Å². The summed E-state index contributed by atoms with van der Waals surface area (Å²) in [6, 6.07) is 0.485. The Morgan fingerprint density at radius 3 is 2.91 bits per heavy atom. The largest absolute Gasteiger partial charge is 0.336 e. The smallest absolute Gasteiger partial charge is 0.219 e. The highest BCUT2D eigenvalue weighted by molar-refractivity contribution is 7.11. The molecule has 0 radical (unpaired) electrons. The summed E-state index contributed by atoms with van der Waals surface area (Å²) in [6.45, 7) is 9.10. The minimum Gasteiger partial charge on any atom is -0.336 e. The van der Waals surface area contributed by atoms with Crippen LogP contribution in [0.4, 0.5) is 0 Å². The number of fused-ring (bicyclic) bond motifs is 1. The summed E-state index contributed by atoms with van der Waals surface area (Å²) in [5, 5.41) is 1.14. The van der Waals surface area contributed by atoms with Crippen molar-refractivity contribution in [2.45, 2.75) is 71.0 Å². The number of rotatable bonds is 2. The van der Waals surface area contributed by atoms with Crippen LogP contribution in [0.5, 0.6) is 0 Å². The van der Waals surface area contributed by atoms with Crippen molar-refractivity contribution < 1.29 is 4.79 Å². The third kappa shape index (κ3) is 2.93. The van der Waals surface area contributed by atoms with E-state index in [1.807, 2.05) is 6.20 Å². The summed E-state index contributed by atoms with van der Waals surface area (Å²) < 4.78 is 0. The van der Waals surface area contributed by atoms with E-state index < -0.39 is 0 Å². The van der Waals surface area contributed by atoms with Crippen LogP contribution in [0.2, 0.25) is 0 Å². The molecule has 122 valence electrons. The molecule has 4 nitrogen and oxygen atoms in total. The van der Waals surface area contributed by atoms with Crippen molar-refractivity contribution in [3.05, 3.63) is 16.1 Å². The number of aryl methyl sites for hydroxylation is 1. The summed E-state index contributed by atoms with van der Waals surface area (Å²) in [6.07, 6.45) is 7.98. The van der Waals surface area contributed by atoms with Gasteiger partial charge in [0.05, 0.1) is 10.5 Å². The molecule has 1 amide bonds. The molecule has 1 aromatic rings. The molecule has 0 bridgehead atoms. The van der Waals surface area contributed by atoms with Crippen molar-refractivity contribution in [1.29, 1.82) is 0 Å². The maximum atomic E-state index is 12.2. The first-order valence-corrected chi connectivity index (χ1v) is 9.26. The summed E-state index contributed by atoms with van der Waals surface area (Å²) in [5.74, 6) is 0.241. The lowest BCUT2D eigenvalue weighted by Crippen LogP contribution is -2.57. The molecular weight excluding hydrogens is 294 g/mol. The second kappa shape index (κ2) is 6.28. The normalized spacial score (nSPS) is 30.0. The van der Waals surface area contributed by atoms with E-state index in [0.717, 1.165) is 37.5 Å². The number of amides is 1. The van der Waals surface area contributed by atoms with Crippen molar-refractivity contribution >= 4 is 17.2 Å². The monoisotopic (exact) mass is 321 g/mol. The van der Waals surface area contributed by atoms with Gasteiger partial charge in [0.15, 0.2) is 0 Å². The summed E-state index contributed by atoms with van der Waals surface area (Å²) in [4.78, 5) is 22.7. The number of carbonyl (C=O) groups is 1. The third-order valence-electron chi connectivity index (χ3n) is 5.45. The van der Waals surface area contributed by atoms with Gasteiger partial charge in [-0.25, -0.2) is 4.98 Å². The average molecular weight is 321 g/mol. The number of aromatic nitrogens is 1. The van der Waals surface area contributed by atoms with Gasteiger partial charge in [-0.1, -0.05) is 12.8 Å². The van der Waals surface area contributed by atoms with E-state index in [1.54, 1.807) is 18.3 Å². The predicted molar refractivity (Wildman–Crippen MR) is 89.9 cm³/mol. The lowest BCUT2D eigenvalue weighted by atomic mass is 9.85. The first-order valence-electron chi connectivity index (χ1n) is 8.44. The zero-order chi connectivity index (χ0) is 15.7. The second-order valence-corrected chi connectivity index (χ2v) is 8.28. The Hall–Kier alpha value is -0.940. The van der Waals surface area contributed by atoms with Gasteiger partial charge < -0.3 is 4.90 Å². The lowest BCUT2D eigenvalue weighted by molar-refractivity contribution is -0.136. The Bertz CT molecular complexity index is 544. The van der Waals surface area contributed by atoms with E-state index >= 15 is 0 Å². The molecule has 0 saturated carbocycles. The highest BCUT2D eigenvalue weighted by Gasteiger charge is 2.48. The van der Waals surface area contributed by atoms with Crippen molar-refractivity contribution in [3.63, 3.8) is 0 Å². The number of carbonyl (C=O) groups excluding carboxylic acids is 1. The fourth-order valence-electron chi connectivity index (χ4n) is 4.32. The van der Waals surface area contributed by atoms with Crippen LogP contribution >= 0.6 is 11.3 Å². The van der Waals surface area contributed by atoms with Gasteiger partial charge in [0, 0.05) is 43.7 Å². The zero-order valence-corrected chi connectivity index (χ0v) is 14.8. The minimum absolute atomic E-state index is 0.00594. The highest BCUT2D eigenvalue weighted by atomic mass is 32.1. The highest BCUT2D eigenvalue weighted by Crippen LogP contribution is 2.39. The standard InChI is InChI=1S/C17H27N3OS/c1-13-18-11-15(22-13)12-19-10-8-17(3)16(19)7-5-4-6-9-20(17)14(2)21/h11,16H,4-10,12H2,1-3H3/t16-,17-/m0/s1. The average Bonchev–Trinajstić information content (AvgIpc) is 2.97. The molecule has 0 N–H and O–H groups in total. The molecule has 2 saturated heterocycles. The van der Waals surface area contributed by atoms with E-state index in [4.69, 9.17) is 0 Å². The molecule has 3 heterocycles. The molecule has 2 aliphatic heterocycles. The molecule has 2 fully saturated rings. The molecule has 2 aliphatic rings. The van der Waals surface area contributed by atoms with Crippen LogP contribution in [-0.2, 0) is 11.3 Å². The molecular formula is C17H27N3OS. The maximum Gasteiger partial charge on any atom is 0.219 e. The van der Waals surface area contributed by atoms with Gasteiger partial charge in [0.2, 0.25) is 5.91 Å². The molecule has 3 rings (SSSR count). The summed E-state index contributed by atoms with van der Waals surface area (Å²) in [7, 11) is 0. The van der Waals surface area contributed by atoms with Crippen molar-refractivity contribution in [2.24, 2.45) is 0 Å². The Labute approximate surface area is 137 Å². The van der Waals surface area contributed by atoms with Crippen LogP contribution in [0.25, 0.3) is 0 Å². The number of hydrogen-bond acceptors (Lipinski definition) is 4. The Balaban J connectivity index is 1.82. The van der Waals surface area contributed by atoms with Crippen molar-refractivity contribution in [1.82, 2.24) is 14.8 Å². The minimum atomic E-state index is 0.00594. The van der Waals surface area contributed by atoms with Crippen LogP contribution in [0.15, 0.2) is 6.20 Å². The van der Waals surface area contributed by atoms with E-state index in [2.05, 4.69) is 28.6 Å². The van der Waals surface area contributed by atoms with Crippen LogP contribution in [0.1, 0.15) is 55.8 Å². The van der Waals surface area contributed by atoms with Gasteiger partial charge in [0.1, 0.15) is 0 Å². The van der Waals surface area contributed by atoms with E-state index in [1.165, 1.54) is 24.1 Å². The van der Waals surface area contributed by atoms with Crippen LogP contribution < -0.4 is 0 Å². The molecule has 0 aliphatic carbocycles. The molecule has 0 unspecified atom stereocenters. The van der Waals surface area contributed by atoms with Gasteiger partial charge in [-0.15, -0.1) is 11.3 Å². The Morgan fingerprint density at radius 2 is 2.23 bits per heavy atom. The van der Waals surface area contributed by atoms with Crippen LogP contribution in [-0.4, -0.2) is 45.4 Å². The molecule has 1 aromatic heterocycles. The van der Waals surface area contributed by atoms with Crippen LogP contribution in [0.3, 0.4) is 0 Å². The zero-order valence-electron chi connectivity index (χ0n) is 14.0. The fourth-order valence-corrected chi connectivity index (χ4v) is 5.14. The SMILES string of the molecule is CC(=O)N1CCCCC[C@@H]2N(Cc3cnc(C)s3)CC[C@@]21C. The van der Waals surface area contributed by atoms with Gasteiger partial charge >= 0.3 is 0 Å². The number of likely N-dealkylation sites (tertiary alicyclic amines) is 2. The van der Waals surface area contributed by atoms with Crippen molar-refractivity contribution in [3.8, 4) is 0 Å². The molecule has 2 atom stereocenters. The maximum absolute atomic E-state index is 12.2. The molecule has 5 heteroatoms. The Morgan fingerprint density at radius 1 is 1.41 bits per heavy atom. The van der Waals surface area contributed by atoms with Gasteiger partial charge in [-0.3, -0.25) is 9.69 Å². The quantitative estimate of drug-likeness (QED) is 0.839. The lowest BCUT2D eigenvalue weighted by Gasteiger charge is -2.45. The predicted octanol–water partition coefficient (Wildman–Crippen LogP) is 3.21. The number of thiazole rings is 1. The number of nitrogens with zero attached hydrogens (tertiary/aromatic N) is 3. The number of hydrogen-bond donors (Lipinski definition) is 0. The molecule has 0 spiro atoms. The van der Waals surface area contributed by atoms with E-state index in [0.29, 0.717) is 6.04 Å². The fraction of sp³-hybridized carbons (Fsp3) is 0.765. The summed E-state index contributed by atoms with van der Waals surface area (Å²) >= 11 is 1.80. The second-order valence-electron chi connectivity index (χ2n) is 6.96. The summed E-state index contributed by atoms with van der Waals surface area (Å²) in [5.41, 5.74) is 0.00594. The third-order valence-corrected chi connectivity index (χ3v) is 6.35. The topological polar surface area (TPSA) is 36.4 Å².